The van der Waals surface area contributed by atoms with Crippen LogP contribution in [0, 0.1) is 6.61 Å². The minimum atomic E-state index is 0.217. The van der Waals surface area contributed by atoms with Crippen molar-refractivity contribution in [1.29, 1.82) is 0 Å². The van der Waals surface area contributed by atoms with Gasteiger partial charge in [-0.25, -0.2) is 0 Å². The first-order valence-corrected chi connectivity index (χ1v) is 3.27. The molecule has 0 saturated carbocycles. The minimum Gasteiger partial charge on any atom is -0.372 e. The summed E-state index contributed by atoms with van der Waals surface area (Å²) in [6.07, 6.45) is 0. The maximum atomic E-state index is 5.19. The van der Waals surface area contributed by atoms with Gasteiger partial charge in [0, 0.05) is 12.1 Å². The number of rotatable bonds is 0. The lowest BCUT2D eigenvalue weighted by Crippen LogP contribution is -2.49. The number of morpholine rings is 1. The van der Waals surface area contributed by atoms with Crippen molar-refractivity contribution < 1.29 is 4.74 Å². The Morgan fingerprint density at radius 1 is 1.56 bits per heavy atom. The van der Waals surface area contributed by atoms with E-state index in [1.54, 1.807) is 0 Å². The first kappa shape index (κ1) is 7.03. The van der Waals surface area contributed by atoms with Gasteiger partial charge in [0.15, 0.2) is 0 Å². The van der Waals surface area contributed by atoms with Crippen LogP contribution in [-0.2, 0) is 4.74 Å². The zero-order valence-electron chi connectivity index (χ0n) is 6.35. The average Bonchev–Trinajstić information content (AvgIpc) is 1.77. The molecule has 1 heterocycles. The maximum absolute atomic E-state index is 5.19. The Bertz CT molecular complexity index is 101. The van der Waals surface area contributed by atoms with Gasteiger partial charge in [0.25, 0.3) is 0 Å². The lowest BCUT2D eigenvalue weighted by atomic mass is 10.0. The van der Waals surface area contributed by atoms with E-state index in [-0.39, 0.29) is 5.54 Å². The SMILES string of the molecule is CN1C[CH]OCC1(C)C. The molecule has 1 radical (unpaired) electrons. The number of nitrogens with zero attached hydrogens (tertiary/aromatic N) is 1. The summed E-state index contributed by atoms with van der Waals surface area (Å²) in [5.41, 5.74) is 0.217. The first-order valence-electron chi connectivity index (χ1n) is 3.27. The molecule has 0 aromatic rings. The molecule has 1 rings (SSSR count). The van der Waals surface area contributed by atoms with Gasteiger partial charge >= 0.3 is 0 Å². The lowest BCUT2D eigenvalue weighted by Gasteiger charge is -2.38. The summed E-state index contributed by atoms with van der Waals surface area (Å²) >= 11 is 0. The Labute approximate surface area is 56.8 Å². The van der Waals surface area contributed by atoms with Crippen LogP contribution < -0.4 is 0 Å². The van der Waals surface area contributed by atoms with E-state index in [4.69, 9.17) is 4.74 Å². The predicted molar refractivity (Wildman–Crippen MR) is 37.0 cm³/mol. The molecular weight excluding hydrogens is 114 g/mol. The molecule has 53 valence electrons. The lowest BCUT2D eigenvalue weighted by molar-refractivity contribution is -0.00120. The third-order valence-corrected chi connectivity index (χ3v) is 1.94. The summed E-state index contributed by atoms with van der Waals surface area (Å²) in [5, 5.41) is 0. The molecule has 0 aliphatic carbocycles. The number of hydrogen-bond donors (Lipinski definition) is 0. The van der Waals surface area contributed by atoms with Crippen molar-refractivity contribution in [1.82, 2.24) is 4.90 Å². The van der Waals surface area contributed by atoms with Crippen molar-refractivity contribution in [2.45, 2.75) is 19.4 Å². The van der Waals surface area contributed by atoms with Crippen LogP contribution in [0.5, 0.6) is 0 Å². The summed E-state index contributed by atoms with van der Waals surface area (Å²) in [5.74, 6) is 0. The minimum absolute atomic E-state index is 0.217. The van der Waals surface area contributed by atoms with E-state index in [0.717, 1.165) is 13.2 Å². The summed E-state index contributed by atoms with van der Waals surface area (Å²) in [6.45, 7) is 7.96. The Morgan fingerprint density at radius 2 is 2.22 bits per heavy atom. The zero-order valence-corrected chi connectivity index (χ0v) is 6.35. The van der Waals surface area contributed by atoms with Gasteiger partial charge in [-0.05, 0) is 20.9 Å². The van der Waals surface area contributed by atoms with Crippen LogP contribution in [0.25, 0.3) is 0 Å². The van der Waals surface area contributed by atoms with E-state index < -0.39 is 0 Å². The van der Waals surface area contributed by atoms with Crippen LogP contribution in [-0.4, -0.2) is 30.6 Å². The molecule has 0 atom stereocenters. The average molecular weight is 128 g/mol. The second-order valence-electron chi connectivity index (χ2n) is 3.17. The second kappa shape index (κ2) is 2.27. The third-order valence-electron chi connectivity index (χ3n) is 1.94. The molecule has 0 unspecified atom stereocenters. The summed E-state index contributed by atoms with van der Waals surface area (Å²) in [6, 6.07) is 0. The molecule has 1 aliphatic heterocycles. The first-order chi connectivity index (χ1) is 4.13. The van der Waals surface area contributed by atoms with Gasteiger partial charge in [0.1, 0.15) is 0 Å². The molecular formula is C7H14NO. The highest BCUT2D eigenvalue weighted by Crippen LogP contribution is 2.17. The number of hydrogen-bond acceptors (Lipinski definition) is 2. The second-order valence-corrected chi connectivity index (χ2v) is 3.17. The van der Waals surface area contributed by atoms with Crippen LogP contribution in [0.15, 0.2) is 0 Å². The van der Waals surface area contributed by atoms with Crippen LogP contribution >= 0.6 is 0 Å². The van der Waals surface area contributed by atoms with Crippen LogP contribution in [0.4, 0.5) is 0 Å². The molecule has 2 nitrogen and oxygen atoms in total. The van der Waals surface area contributed by atoms with Gasteiger partial charge in [0.05, 0.1) is 13.2 Å². The Morgan fingerprint density at radius 3 is 2.56 bits per heavy atom. The van der Waals surface area contributed by atoms with Crippen LogP contribution in [0.3, 0.4) is 0 Å². The largest absolute Gasteiger partial charge is 0.372 e. The summed E-state index contributed by atoms with van der Waals surface area (Å²) in [4.78, 5) is 2.27. The van der Waals surface area contributed by atoms with Crippen molar-refractivity contribution in [3.63, 3.8) is 0 Å². The van der Waals surface area contributed by atoms with Crippen molar-refractivity contribution in [3.05, 3.63) is 6.61 Å². The third kappa shape index (κ3) is 1.43. The van der Waals surface area contributed by atoms with Crippen LogP contribution in [0.2, 0.25) is 0 Å². The highest BCUT2D eigenvalue weighted by Gasteiger charge is 2.26. The molecule has 0 amide bonds. The molecule has 2 heteroatoms. The zero-order chi connectivity index (χ0) is 6.91. The van der Waals surface area contributed by atoms with Crippen molar-refractivity contribution >= 4 is 0 Å². The van der Waals surface area contributed by atoms with E-state index in [0.29, 0.717) is 0 Å². The molecule has 0 aromatic carbocycles. The number of ether oxygens (including phenoxy) is 1. The molecule has 1 fully saturated rings. The Hall–Kier alpha value is -0.0800. The van der Waals surface area contributed by atoms with Crippen LogP contribution in [0.1, 0.15) is 13.8 Å². The van der Waals surface area contributed by atoms with Gasteiger partial charge in [0.2, 0.25) is 0 Å². The Balaban J connectivity index is 2.49. The summed E-state index contributed by atoms with van der Waals surface area (Å²) in [7, 11) is 2.11. The fourth-order valence-corrected chi connectivity index (χ4v) is 0.785. The fourth-order valence-electron chi connectivity index (χ4n) is 0.785. The molecule has 1 aliphatic rings. The van der Waals surface area contributed by atoms with E-state index >= 15 is 0 Å². The Kier molecular flexibility index (Phi) is 1.78. The van der Waals surface area contributed by atoms with E-state index in [1.165, 1.54) is 0 Å². The van der Waals surface area contributed by atoms with E-state index in [2.05, 4.69) is 25.8 Å². The normalized spacial score (nSPS) is 28.3. The van der Waals surface area contributed by atoms with Crippen molar-refractivity contribution in [3.8, 4) is 0 Å². The quantitative estimate of drug-likeness (QED) is 0.480. The van der Waals surface area contributed by atoms with Gasteiger partial charge in [-0.2, -0.15) is 0 Å². The highest BCUT2D eigenvalue weighted by atomic mass is 16.5. The van der Waals surface area contributed by atoms with E-state index in [9.17, 15) is 0 Å². The molecule has 0 N–H and O–H groups in total. The maximum Gasteiger partial charge on any atom is 0.0976 e. The molecule has 1 saturated heterocycles. The molecule has 9 heavy (non-hydrogen) atoms. The summed E-state index contributed by atoms with van der Waals surface area (Å²) < 4.78 is 5.19. The molecule has 0 bridgehead atoms. The monoisotopic (exact) mass is 128 g/mol. The van der Waals surface area contributed by atoms with Gasteiger partial charge in [-0.15, -0.1) is 0 Å². The highest BCUT2D eigenvalue weighted by molar-refractivity contribution is 4.84. The molecule has 0 spiro atoms. The fraction of sp³-hybridized carbons (Fsp3) is 0.857. The van der Waals surface area contributed by atoms with Gasteiger partial charge in [-0.3, -0.25) is 4.90 Å². The van der Waals surface area contributed by atoms with Crippen molar-refractivity contribution in [2.24, 2.45) is 0 Å². The topological polar surface area (TPSA) is 12.5 Å². The van der Waals surface area contributed by atoms with E-state index in [1.807, 2.05) is 6.61 Å². The van der Waals surface area contributed by atoms with Gasteiger partial charge in [-0.1, -0.05) is 0 Å². The van der Waals surface area contributed by atoms with Crippen molar-refractivity contribution in [2.75, 3.05) is 20.2 Å². The number of likely N-dealkylation sites (N-methyl/N-ethyl adjacent to an activating group) is 1. The molecule has 0 aromatic heterocycles. The van der Waals surface area contributed by atoms with Gasteiger partial charge < -0.3 is 4.74 Å². The standard InChI is InChI=1S/C7H14NO/c1-7(2)6-9-5-4-8(7)3/h5H,4,6H2,1-3H3. The predicted octanol–water partition coefficient (Wildman–Crippen LogP) is 0.889. The smallest absolute Gasteiger partial charge is 0.0976 e.